The summed E-state index contributed by atoms with van der Waals surface area (Å²) in [5, 5.41) is 3.28. The van der Waals surface area contributed by atoms with Gasteiger partial charge in [0.25, 0.3) is 0 Å². The van der Waals surface area contributed by atoms with Crippen molar-refractivity contribution in [3.05, 3.63) is 29.8 Å². The SMILES string of the molecule is CCC[C@H]1CN(CC(N)=O)C[C@@H]1NC(=O)C1(c2ccc(OC)cc2)CC1.Cl. The summed E-state index contributed by atoms with van der Waals surface area (Å²) >= 11 is 0. The number of primary amides is 1. The van der Waals surface area contributed by atoms with E-state index in [2.05, 4.69) is 17.1 Å². The number of benzene rings is 1. The van der Waals surface area contributed by atoms with Crippen LogP contribution in [0.2, 0.25) is 0 Å². The van der Waals surface area contributed by atoms with Crippen LogP contribution < -0.4 is 15.8 Å². The Morgan fingerprint density at radius 2 is 1.93 bits per heavy atom. The topological polar surface area (TPSA) is 84.7 Å². The van der Waals surface area contributed by atoms with Gasteiger partial charge in [0.15, 0.2) is 0 Å². The van der Waals surface area contributed by atoms with Gasteiger partial charge in [-0.15, -0.1) is 12.4 Å². The molecule has 150 valence electrons. The highest BCUT2D eigenvalue weighted by atomic mass is 35.5. The van der Waals surface area contributed by atoms with E-state index >= 15 is 0 Å². The molecule has 1 aliphatic heterocycles. The maximum Gasteiger partial charge on any atom is 0.231 e. The summed E-state index contributed by atoms with van der Waals surface area (Å²) in [5.74, 6) is 0.958. The highest BCUT2D eigenvalue weighted by Gasteiger charge is 2.52. The van der Waals surface area contributed by atoms with Crippen LogP contribution in [0.5, 0.6) is 5.75 Å². The largest absolute Gasteiger partial charge is 0.497 e. The molecule has 1 aromatic carbocycles. The number of methoxy groups -OCH3 is 1. The molecular formula is C20H30ClN3O3. The van der Waals surface area contributed by atoms with Gasteiger partial charge in [-0.2, -0.15) is 0 Å². The van der Waals surface area contributed by atoms with Gasteiger partial charge in [-0.3, -0.25) is 14.5 Å². The summed E-state index contributed by atoms with van der Waals surface area (Å²) in [6.45, 7) is 3.92. The number of hydrogen-bond donors (Lipinski definition) is 2. The maximum atomic E-state index is 13.1. The Bertz CT molecular complexity index is 661. The van der Waals surface area contributed by atoms with Gasteiger partial charge in [-0.1, -0.05) is 25.5 Å². The van der Waals surface area contributed by atoms with Crippen LogP contribution >= 0.6 is 12.4 Å². The number of amides is 2. The molecule has 2 fully saturated rings. The van der Waals surface area contributed by atoms with Gasteiger partial charge >= 0.3 is 0 Å². The van der Waals surface area contributed by atoms with E-state index in [9.17, 15) is 9.59 Å². The molecule has 0 spiro atoms. The molecule has 1 aliphatic carbocycles. The molecule has 2 amide bonds. The van der Waals surface area contributed by atoms with E-state index in [0.29, 0.717) is 12.5 Å². The zero-order valence-electron chi connectivity index (χ0n) is 16.1. The lowest BCUT2D eigenvalue weighted by molar-refractivity contribution is -0.124. The Morgan fingerprint density at radius 3 is 2.44 bits per heavy atom. The first-order valence-corrected chi connectivity index (χ1v) is 9.44. The molecule has 2 atom stereocenters. The van der Waals surface area contributed by atoms with E-state index < -0.39 is 5.41 Å². The highest BCUT2D eigenvalue weighted by Crippen LogP contribution is 2.49. The van der Waals surface area contributed by atoms with Gasteiger partial charge in [0, 0.05) is 19.1 Å². The van der Waals surface area contributed by atoms with E-state index in [1.165, 1.54) is 0 Å². The fourth-order valence-corrected chi connectivity index (χ4v) is 4.13. The minimum atomic E-state index is -0.403. The first kappa shape index (κ1) is 21.5. The van der Waals surface area contributed by atoms with Crippen molar-refractivity contribution in [2.45, 2.75) is 44.1 Å². The Hall–Kier alpha value is -1.79. The van der Waals surface area contributed by atoms with Crippen molar-refractivity contribution in [1.29, 1.82) is 0 Å². The predicted octanol–water partition coefficient (Wildman–Crippen LogP) is 1.85. The van der Waals surface area contributed by atoms with Gasteiger partial charge in [-0.05, 0) is 42.9 Å². The van der Waals surface area contributed by atoms with Gasteiger partial charge < -0.3 is 15.8 Å². The number of carbonyl (C=O) groups excluding carboxylic acids is 2. The second-order valence-electron chi connectivity index (χ2n) is 7.60. The number of nitrogens with zero attached hydrogens (tertiary/aromatic N) is 1. The first-order valence-electron chi connectivity index (χ1n) is 9.44. The van der Waals surface area contributed by atoms with Gasteiger partial charge in [0.1, 0.15) is 5.75 Å². The zero-order valence-corrected chi connectivity index (χ0v) is 16.9. The van der Waals surface area contributed by atoms with Crippen molar-refractivity contribution in [2.24, 2.45) is 11.7 Å². The van der Waals surface area contributed by atoms with Crippen LogP contribution in [0.1, 0.15) is 38.2 Å². The van der Waals surface area contributed by atoms with Gasteiger partial charge in [0.2, 0.25) is 11.8 Å². The molecule has 6 nitrogen and oxygen atoms in total. The average Bonchev–Trinajstić information content (AvgIpc) is 3.35. The van der Waals surface area contributed by atoms with Crippen molar-refractivity contribution >= 4 is 24.2 Å². The van der Waals surface area contributed by atoms with E-state index in [-0.39, 0.29) is 36.8 Å². The second kappa shape index (κ2) is 8.93. The molecule has 3 rings (SSSR count). The number of rotatable bonds is 8. The minimum Gasteiger partial charge on any atom is -0.497 e. The third kappa shape index (κ3) is 4.74. The Kier molecular flexibility index (Phi) is 7.12. The summed E-state index contributed by atoms with van der Waals surface area (Å²) in [6.07, 6.45) is 3.85. The normalized spacial score (nSPS) is 23.3. The minimum absolute atomic E-state index is 0. The van der Waals surface area contributed by atoms with E-state index in [4.69, 9.17) is 10.5 Å². The molecule has 1 saturated carbocycles. The highest BCUT2D eigenvalue weighted by molar-refractivity contribution is 5.91. The quantitative estimate of drug-likeness (QED) is 0.703. The molecule has 1 heterocycles. The molecule has 0 unspecified atom stereocenters. The monoisotopic (exact) mass is 395 g/mol. The lowest BCUT2D eigenvalue weighted by Crippen LogP contribution is -2.45. The number of likely N-dealkylation sites (tertiary alicyclic amines) is 1. The van der Waals surface area contributed by atoms with Gasteiger partial charge in [0.05, 0.1) is 19.1 Å². The van der Waals surface area contributed by atoms with Crippen molar-refractivity contribution < 1.29 is 14.3 Å². The predicted molar refractivity (Wildman–Crippen MR) is 107 cm³/mol. The van der Waals surface area contributed by atoms with Crippen LogP contribution in [0.3, 0.4) is 0 Å². The molecule has 0 radical (unpaired) electrons. The van der Waals surface area contributed by atoms with Crippen molar-refractivity contribution in [2.75, 3.05) is 26.7 Å². The Morgan fingerprint density at radius 1 is 1.26 bits per heavy atom. The van der Waals surface area contributed by atoms with Crippen LogP contribution in [0.4, 0.5) is 0 Å². The van der Waals surface area contributed by atoms with Crippen molar-refractivity contribution in [3.8, 4) is 5.75 Å². The second-order valence-corrected chi connectivity index (χ2v) is 7.60. The fourth-order valence-electron chi connectivity index (χ4n) is 4.13. The molecule has 7 heteroatoms. The van der Waals surface area contributed by atoms with E-state index in [1.54, 1.807) is 7.11 Å². The molecule has 1 saturated heterocycles. The number of hydrogen-bond acceptors (Lipinski definition) is 4. The third-order valence-corrected chi connectivity index (χ3v) is 5.70. The molecule has 2 aliphatic rings. The summed E-state index contributed by atoms with van der Waals surface area (Å²) in [4.78, 5) is 26.4. The van der Waals surface area contributed by atoms with Crippen molar-refractivity contribution in [1.82, 2.24) is 10.2 Å². The molecule has 1 aromatic rings. The maximum absolute atomic E-state index is 13.1. The smallest absolute Gasteiger partial charge is 0.231 e. The summed E-state index contributed by atoms with van der Waals surface area (Å²) in [5.41, 5.74) is 5.99. The first-order chi connectivity index (χ1) is 12.5. The molecule has 0 bridgehead atoms. The van der Waals surface area contributed by atoms with Crippen LogP contribution in [0, 0.1) is 5.92 Å². The number of halogens is 1. The third-order valence-electron chi connectivity index (χ3n) is 5.70. The number of ether oxygens (including phenoxy) is 1. The number of nitrogens with two attached hydrogens (primary N) is 1. The zero-order chi connectivity index (χ0) is 18.7. The standard InChI is InChI=1S/C20H29N3O3.ClH/c1-3-4-14-11-23(13-18(21)24)12-17(14)22-19(25)20(9-10-20)15-5-7-16(26-2)8-6-15;/h5-8,14,17H,3-4,9-13H2,1-2H3,(H2,21,24)(H,22,25);1H/t14-,17-;/m0./s1. The molecule has 27 heavy (non-hydrogen) atoms. The van der Waals surface area contributed by atoms with Crippen LogP contribution in [-0.4, -0.2) is 49.5 Å². The van der Waals surface area contributed by atoms with E-state index in [1.807, 2.05) is 24.3 Å². The summed E-state index contributed by atoms with van der Waals surface area (Å²) in [6, 6.07) is 7.88. The van der Waals surface area contributed by atoms with Gasteiger partial charge in [-0.25, -0.2) is 0 Å². The molecule has 0 aromatic heterocycles. The summed E-state index contributed by atoms with van der Waals surface area (Å²) < 4.78 is 5.21. The van der Waals surface area contributed by atoms with Crippen LogP contribution in [0.15, 0.2) is 24.3 Å². The Labute approximate surface area is 167 Å². The lowest BCUT2D eigenvalue weighted by atomic mass is 9.92. The van der Waals surface area contributed by atoms with E-state index in [0.717, 1.165) is 43.5 Å². The average molecular weight is 396 g/mol. The Balaban J connectivity index is 0.00000261. The number of nitrogens with one attached hydrogen (secondary N) is 1. The lowest BCUT2D eigenvalue weighted by Gasteiger charge is -2.23. The number of carbonyl (C=O) groups is 2. The summed E-state index contributed by atoms with van der Waals surface area (Å²) in [7, 11) is 1.64. The molecular weight excluding hydrogens is 366 g/mol. The molecule has 3 N–H and O–H groups in total. The van der Waals surface area contributed by atoms with Crippen LogP contribution in [0.25, 0.3) is 0 Å². The fraction of sp³-hybridized carbons (Fsp3) is 0.600. The van der Waals surface area contributed by atoms with Crippen molar-refractivity contribution in [3.63, 3.8) is 0 Å². The van der Waals surface area contributed by atoms with Crippen LogP contribution in [-0.2, 0) is 15.0 Å².